The number of benzene rings is 1. The molecule has 3 rings (SSSR count). The molecular weight excluding hydrogens is 468 g/mol. The lowest BCUT2D eigenvalue weighted by molar-refractivity contribution is -0.133. The van der Waals surface area contributed by atoms with Gasteiger partial charge in [-0.3, -0.25) is 4.79 Å². The minimum Gasteiger partial charge on any atom is -0.447 e. The van der Waals surface area contributed by atoms with E-state index in [-0.39, 0.29) is 24.5 Å². The molecule has 5 nitrogen and oxygen atoms in total. The normalized spacial score (nSPS) is 19.2. The molecule has 4 atom stereocenters. The van der Waals surface area contributed by atoms with Gasteiger partial charge < -0.3 is 4.74 Å². The molecule has 194 valence electrons. The van der Waals surface area contributed by atoms with Crippen LogP contribution in [-0.4, -0.2) is 34.5 Å². The topological polar surface area (TPSA) is 59.5 Å². The van der Waals surface area contributed by atoms with Crippen molar-refractivity contribution < 1.29 is 14.3 Å². The van der Waals surface area contributed by atoms with Crippen LogP contribution < -0.4 is 0 Å². The van der Waals surface area contributed by atoms with Crippen molar-refractivity contribution in [3.63, 3.8) is 0 Å². The zero-order valence-corrected chi connectivity index (χ0v) is 23.3. The van der Waals surface area contributed by atoms with Crippen molar-refractivity contribution in [2.45, 2.75) is 73.3 Å². The van der Waals surface area contributed by atoms with Gasteiger partial charge in [0.15, 0.2) is 0 Å². The maximum atomic E-state index is 13.1. The smallest absolute Gasteiger partial charge is 0.416 e. The van der Waals surface area contributed by atoms with E-state index in [1.54, 1.807) is 11.3 Å². The lowest BCUT2D eigenvalue weighted by atomic mass is 9.87. The number of nitrogens with zero attached hydrogens (tertiary/aromatic N) is 2. The molecule has 1 saturated heterocycles. The van der Waals surface area contributed by atoms with Gasteiger partial charge in [-0.05, 0) is 69.9 Å². The van der Waals surface area contributed by atoms with E-state index in [0.717, 1.165) is 35.5 Å². The number of aromatic nitrogens is 1. The van der Waals surface area contributed by atoms with Crippen molar-refractivity contribution in [1.29, 1.82) is 0 Å². The second-order valence-electron chi connectivity index (χ2n) is 10.3. The quantitative estimate of drug-likeness (QED) is 0.295. The highest BCUT2D eigenvalue weighted by Crippen LogP contribution is 2.26. The summed E-state index contributed by atoms with van der Waals surface area (Å²) in [4.78, 5) is 31.4. The summed E-state index contributed by atoms with van der Waals surface area (Å²) in [5, 5.41) is 3.19. The molecule has 0 saturated carbocycles. The van der Waals surface area contributed by atoms with Crippen LogP contribution in [-0.2, 0) is 16.0 Å². The van der Waals surface area contributed by atoms with Crippen LogP contribution in [0.5, 0.6) is 0 Å². The first-order valence-corrected chi connectivity index (χ1v) is 13.8. The van der Waals surface area contributed by atoms with E-state index >= 15 is 0 Å². The Labute approximate surface area is 220 Å². The van der Waals surface area contributed by atoms with Crippen LogP contribution in [0.3, 0.4) is 0 Å². The first-order valence-electron chi connectivity index (χ1n) is 13.0. The van der Waals surface area contributed by atoms with Crippen molar-refractivity contribution in [3.8, 4) is 0 Å². The Hall–Kier alpha value is -2.73. The van der Waals surface area contributed by atoms with E-state index < -0.39 is 6.09 Å². The maximum Gasteiger partial charge on any atom is 0.416 e. The lowest BCUT2D eigenvalue weighted by Gasteiger charge is -2.23. The Morgan fingerprint density at radius 3 is 2.61 bits per heavy atom. The predicted molar refractivity (Wildman–Crippen MR) is 148 cm³/mol. The van der Waals surface area contributed by atoms with Crippen molar-refractivity contribution in [2.24, 2.45) is 17.8 Å². The number of hydrogen-bond donors (Lipinski definition) is 0. The number of carbonyl (C=O) groups excluding carboxylic acids is 2. The van der Waals surface area contributed by atoms with Gasteiger partial charge in [0.25, 0.3) is 0 Å². The number of aryl methyl sites for hydroxylation is 1. The van der Waals surface area contributed by atoms with Gasteiger partial charge in [-0.2, -0.15) is 0 Å². The summed E-state index contributed by atoms with van der Waals surface area (Å²) in [5.74, 6) is 0.494. The number of rotatable bonds is 11. The molecule has 2 heterocycles. The number of thiazole rings is 1. The second-order valence-corrected chi connectivity index (χ2v) is 11.3. The molecule has 0 aliphatic carbocycles. The average Bonchev–Trinajstić information content (AvgIpc) is 3.42. The van der Waals surface area contributed by atoms with Crippen LogP contribution in [0.4, 0.5) is 4.79 Å². The fourth-order valence-corrected chi connectivity index (χ4v) is 5.29. The summed E-state index contributed by atoms with van der Waals surface area (Å²) in [7, 11) is 0. The summed E-state index contributed by atoms with van der Waals surface area (Å²) < 4.78 is 5.24. The van der Waals surface area contributed by atoms with Crippen molar-refractivity contribution >= 4 is 29.4 Å². The average molecular weight is 509 g/mol. The first kappa shape index (κ1) is 27.9. The van der Waals surface area contributed by atoms with Gasteiger partial charge in [0.1, 0.15) is 6.61 Å². The van der Waals surface area contributed by atoms with Crippen LogP contribution in [0.2, 0.25) is 0 Å². The standard InChI is InChI=1S/C30H40N2O3S/c1-20(15-22(3)24(5)23(4)16-27-19-36-25(6)31-27)11-10-12-21(2)29(33)32-28(18-35-30(32)34)17-26-13-8-7-9-14-26/h7-9,13-16,19,21-22,24,28H,10-12,17-18H2,1-6H3/b20-15-,23-16+/t21-,22-,24-,28-/m0/s1. The molecule has 0 spiro atoms. The Morgan fingerprint density at radius 2 is 1.94 bits per heavy atom. The highest BCUT2D eigenvalue weighted by atomic mass is 32.1. The monoisotopic (exact) mass is 508 g/mol. The van der Waals surface area contributed by atoms with Crippen LogP contribution in [0, 0.1) is 24.7 Å². The number of cyclic esters (lactones) is 1. The summed E-state index contributed by atoms with van der Waals surface area (Å²) >= 11 is 1.68. The molecule has 36 heavy (non-hydrogen) atoms. The number of hydrogen-bond acceptors (Lipinski definition) is 5. The minimum absolute atomic E-state index is 0.125. The van der Waals surface area contributed by atoms with Gasteiger partial charge in [-0.1, -0.05) is 68.3 Å². The van der Waals surface area contributed by atoms with Crippen LogP contribution in [0.25, 0.3) is 6.08 Å². The Kier molecular flexibility index (Phi) is 10.1. The van der Waals surface area contributed by atoms with Crippen LogP contribution in [0.15, 0.2) is 52.9 Å². The maximum absolute atomic E-state index is 13.1. The summed E-state index contributed by atoms with van der Waals surface area (Å²) in [6, 6.07) is 9.70. The Balaban J connectivity index is 1.49. The molecule has 0 N–H and O–H groups in total. The SMILES string of the molecule is C/C(=C/[C@H](C)[C@H](C)/C(C)=C/c1csc(C)n1)CCC[C@H](C)C(=O)N1C(=O)OC[C@@H]1Cc1ccccc1. The van der Waals surface area contributed by atoms with E-state index in [1.165, 1.54) is 16.0 Å². The summed E-state index contributed by atoms with van der Waals surface area (Å²) in [6.07, 6.45) is 7.26. The van der Waals surface area contributed by atoms with E-state index in [1.807, 2.05) is 44.2 Å². The molecule has 1 fully saturated rings. The zero-order chi connectivity index (χ0) is 26.2. The fourth-order valence-electron chi connectivity index (χ4n) is 4.72. The largest absolute Gasteiger partial charge is 0.447 e. The number of allylic oxidation sites excluding steroid dienone is 3. The molecule has 6 heteroatoms. The molecule has 0 radical (unpaired) electrons. The van der Waals surface area contributed by atoms with Gasteiger partial charge in [0.2, 0.25) is 5.91 Å². The van der Waals surface area contributed by atoms with Gasteiger partial charge in [0.05, 0.1) is 16.7 Å². The van der Waals surface area contributed by atoms with E-state index in [2.05, 4.69) is 50.2 Å². The molecular formula is C30H40N2O3S. The molecule has 1 aromatic carbocycles. The van der Waals surface area contributed by atoms with Crippen LogP contribution >= 0.6 is 11.3 Å². The molecule has 1 aromatic heterocycles. The van der Waals surface area contributed by atoms with Gasteiger partial charge in [0, 0.05) is 11.3 Å². The molecule has 2 aromatic rings. The number of imide groups is 1. The lowest BCUT2D eigenvalue weighted by Crippen LogP contribution is -2.43. The molecule has 0 bridgehead atoms. The number of amides is 2. The van der Waals surface area contributed by atoms with E-state index in [9.17, 15) is 9.59 Å². The Morgan fingerprint density at radius 1 is 1.22 bits per heavy atom. The summed E-state index contributed by atoms with van der Waals surface area (Å²) in [5.41, 5.74) is 4.82. The van der Waals surface area contributed by atoms with Crippen LogP contribution in [0.1, 0.15) is 70.1 Å². The van der Waals surface area contributed by atoms with Gasteiger partial charge in [-0.25, -0.2) is 14.7 Å². The Bertz CT molecular complexity index is 1090. The minimum atomic E-state index is -0.511. The van der Waals surface area contributed by atoms with E-state index in [4.69, 9.17) is 4.74 Å². The molecule has 1 aliphatic rings. The highest BCUT2D eigenvalue weighted by Gasteiger charge is 2.39. The summed E-state index contributed by atoms with van der Waals surface area (Å²) in [6.45, 7) is 13.1. The van der Waals surface area contributed by atoms with E-state index in [0.29, 0.717) is 18.3 Å². The van der Waals surface area contributed by atoms with Crippen molar-refractivity contribution in [1.82, 2.24) is 9.88 Å². The van der Waals surface area contributed by atoms with Gasteiger partial charge in [-0.15, -0.1) is 11.3 Å². The third kappa shape index (κ3) is 7.63. The fraction of sp³-hybridized carbons (Fsp3) is 0.500. The van der Waals surface area contributed by atoms with Crippen molar-refractivity contribution in [2.75, 3.05) is 6.61 Å². The predicted octanol–water partition coefficient (Wildman–Crippen LogP) is 7.47. The highest BCUT2D eigenvalue weighted by molar-refractivity contribution is 7.09. The molecule has 2 amide bonds. The number of ether oxygens (including phenoxy) is 1. The molecule has 1 aliphatic heterocycles. The third-order valence-electron chi connectivity index (χ3n) is 7.21. The first-order chi connectivity index (χ1) is 17.2. The third-order valence-corrected chi connectivity index (χ3v) is 8.00. The van der Waals surface area contributed by atoms with Crippen molar-refractivity contribution in [3.05, 3.63) is 69.2 Å². The van der Waals surface area contributed by atoms with Gasteiger partial charge >= 0.3 is 6.09 Å². The number of carbonyl (C=O) groups is 2. The zero-order valence-electron chi connectivity index (χ0n) is 22.5. The molecule has 0 unspecified atom stereocenters. The second kappa shape index (κ2) is 13.0.